The Labute approximate surface area is 387 Å². The van der Waals surface area contributed by atoms with Gasteiger partial charge < -0.3 is 21.7 Å². The summed E-state index contributed by atoms with van der Waals surface area (Å²) in [4.78, 5) is 0. The third-order valence-electron chi connectivity index (χ3n) is 8.55. The van der Waals surface area contributed by atoms with Crippen LogP contribution in [-0.4, -0.2) is 108 Å². The molecule has 0 N–H and O–H groups in total. The molecule has 0 aliphatic rings. The molecule has 0 saturated heterocycles. The molecule has 1 nitrogen and oxygen atoms in total. The van der Waals surface area contributed by atoms with Crippen LogP contribution in [-0.2, 0) is 4.74 Å². The molecule has 0 radical (unpaired) electrons. The van der Waals surface area contributed by atoms with Crippen molar-refractivity contribution in [3.05, 3.63) is 32.2 Å². The predicted octanol–water partition coefficient (Wildman–Crippen LogP) is 13.7. The number of ether oxygens (including phenoxy) is 1. The summed E-state index contributed by atoms with van der Waals surface area (Å²) in [5.41, 5.74) is -22.4. The molecule has 0 fully saturated rings. The van der Waals surface area contributed by atoms with Crippen molar-refractivity contribution < 1.29 is 145 Å². The van der Waals surface area contributed by atoms with Gasteiger partial charge in [0, 0.05) is 26.1 Å². The molecule has 0 amide bonds. The Bertz CT molecular complexity index is 1240. The van der Waals surface area contributed by atoms with Crippen LogP contribution in [0.4, 0.5) is 123 Å². The third-order valence-corrected chi connectivity index (χ3v) is 8.55. The average Bonchev–Trinajstić information content (AvgIpc) is 3.05. The zero-order valence-corrected chi connectivity index (χ0v) is 37.7. The zero-order chi connectivity index (χ0) is 52.5. The Kier molecular flexibility index (Phi) is 33.5. The van der Waals surface area contributed by atoms with E-state index in [-0.39, 0.29) is 40.0 Å². The number of hydrogen-bond acceptors (Lipinski definition) is 1. The van der Waals surface area contributed by atoms with Gasteiger partial charge in [-0.05, 0) is 57.8 Å². The molecule has 0 saturated carbocycles. The smallest absolute Gasteiger partial charge is 1.00 e. The van der Waals surface area contributed by atoms with Crippen molar-refractivity contribution in [3.8, 4) is 0 Å². The van der Waals surface area contributed by atoms with Crippen LogP contribution in [0.25, 0.3) is 0 Å². The van der Waals surface area contributed by atoms with E-state index in [1.807, 2.05) is 13.8 Å². The molecule has 0 rings (SSSR count). The van der Waals surface area contributed by atoms with Crippen molar-refractivity contribution in [2.45, 2.75) is 163 Å². The minimum absolute atomic E-state index is 0. The van der Waals surface area contributed by atoms with E-state index in [0.29, 0.717) is 6.92 Å². The van der Waals surface area contributed by atoms with Gasteiger partial charge in [-0.15, -0.1) is 6.58 Å². The van der Waals surface area contributed by atoms with Gasteiger partial charge in [0.15, 0.2) is 0 Å². The van der Waals surface area contributed by atoms with Gasteiger partial charge in [0.25, 0.3) is 22.7 Å². The SMILES string of the molecule is C=CCC(CCCCC(F)(C(F)(F)F)C(F)(F)F)CC(F)(C(F)(F)F)C(F)(F)F.C=C[CH2-].CC(CCCCC(F)(C(F)(F)F)C(F)(F)F)CC(F)(C(F)(F)F)C(F)(F)F.CCOCC.[Br-].[Mg+2]. The van der Waals surface area contributed by atoms with Crippen LogP contribution in [0.5, 0.6) is 0 Å². The molecule has 0 bridgehead atoms. The zero-order valence-electron chi connectivity index (χ0n) is 34.7. The Morgan fingerprint density at radius 1 is 0.439 bits per heavy atom. The molecule has 0 aromatic carbocycles. The molecule has 396 valence electrons. The number of alkyl halides is 28. The predicted molar refractivity (Wildman–Crippen MR) is 181 cm³/mol. The summed E-state index contributed by atoms with van der Waals surface area (Å²) in [5, 5.41) is 0. The van der Waals surface area contributed by atoms with Crippen LogP contribution >= 0.6 is 0 Å². The molecule has 0 aromatic heterocycles. The van der Waals surface area contributed by atoms with Gasteiger partial charge in [-0.3, -0.25) is 0 Å². The second-order valence-electron chi connectivity index (χ2n) is 13.7. The van der Waals surface area contributed by atoms with E-state index in [2.05, 4.69) is 20.1 Å². The summed E-state index contributed by atoms with van der Waals surface area (Å²) in [6, 6.07) is 0. The van der Waals surface area contributed by atoms with Crippen molar-refractivity contribution in [2.24, 2.45) is 11.8 Å². The number of halogens is 29. The fourth-order valence-electron chi connectivity index (χ4n) is 5.06. The first-order valence-corrected chi connectivity index (χ1v) is 17.9. The fourth-order valence-corrected chi connectivity index (χ4v) is 5.06. The number of rotatable bonds is 18. The first kappa shape index (κ1) is 76.1. The average molecular weight is 1120 g/mol. The first-order chi connectivity index (χ1) is 28.1. The topological polar surface area (TPSA) is 9.23 Å². The largest absolute Gasteiger partial charge is 2.00 e. The van der Waals surface area contributed by atoms with Crippen molar-refractivity contribution in [2.75, 3.05) is 13.2 Å². The van der Waals surface area contributed by atoms with Crippen molar-refractivity contribution >= 4 is 23.1 Å². The number of hydrogen-bond donors (Lipinski definition) is 0. The summed E-state index contributed by atoms with van der Waals surface area (Å²) in [6.45, 7) is 15.9. The normalized spacial score (nSPS) is 14.7. The first-order valence-electron chi connectivity index (χ1n) is 17.9. The van der Waals surface area contributed by atoms with Crippen molar-refractivity contribution in [3.63, 3.8) is 0 Å². The van der Waals surface area contributed by atoms with Crippen LogP contribution in [0.1, 0.15) is 91.4 Å². The van der Waals surface area contributed by atoms with E-state index >= 15 is 0 Å². The van der Waals surface area contributed by atoms with Crippen molar-refractivity contribution in [1.29, 1.82) is 0 Å². The van der Waals surface area contributed by atoms with Crippen LogP contribution < -0.4 is 17.0 Å². The van der Waals surface area contributed by atoms with Gasteiger partial charge in [0.1, 0.15) is 0 Å². The molecule has 0 spiro atoms. The van der Waals surface area contributed by atoms with Gasteiger partial charge in [-0.2, -0.15) is 105 Å². The maximum atomic E-state index is 13.7. The van der Waals surface area contributed by atoms with Gasteiger partial charge in [0.2, 0.25) is 0 Å². The number of unbranched alkanes of at least 4 members (excludes halogenated alkanes) is 2. The molecule has 0 aromatic rings. The molecule has 66 heavy (non-hydrogen) atoms. The molecule has 2 unspecified atom stereocenters. The van der Waals surface area contributed by atoms with E-state index < -0.39 is 155 Å². The second kappa shape index (κ2) is 29.1. The molecule has 0 heterocycles. The van der Waals surface area contributed by atoms with E-state index in [1.165, 1.54) is 6.08 Å². The minimum atomic E-state index is -6.36. The Morgan fingerprint density at radius 2 is 0.682 bits per heavy atom. The van der Waals surface area contributed by atoms with Crippen molar-refractivity contribution in [1.82, 2.24) is 0 Å². The van der Waals surface area contributed by atoms with E-state index in [9.17, 15) is 123 Å². The maximum Gasteiger partial charge on any atom is 2.00 e. The van der Waals surface area contributed by atoms with Gasteiger partial charge in [0.05, 0.1) is 0 Å². The minimum Gasteiger partial charge on any atom is -1.00 e. The van der Waals surface area contributed by atoms with Gasteiger partial charge in [-0.1, -0.05) is 38.7 Å². The summed E-state index contributed by atoms with van der Waals surface area (Å²) in [7, 11) is 0. The van der Waals surface area contributed by atoms with Crippen LogP contribution in [0.15, 0.2) is 25.3 Å². The van der Waals surface area contributed by atoms with Crippen LogP contribution in [0.3, 0.4) is 0 Å². The Balaban J connectivity index is -0.000000228. The van der Waals surface area contributed by atoms with E-state index in [1.54, 1.807) is 0 Å². The molecule has 31 heteroatoms. The van der Waals surface area contributed by atoms with E-state index in [4.69, 9.17) is 4.74 Å². The molecule has 0 aliphatic carbocycles. The fraction of sp³-hybridized carbons (Fsp3) is 0.857. The Morgan fingerprint density at radius 3 is 0.894 bits per heavy atom. The van der Waals surface area contributed by atoms with Crippen LogP contribution in [0.2, 0.25) is 0 Å². The van der Waals surface area contributed by atoms with E-state index in [0.717, 1.165) is 19.3 Å². The Hall–Kier alpha value is -1.40. The molecular formula is C35H45BrF28MgO. The molecule has 0 aliphatic heterocycles. The second-order valence-corrected chi connectivity index (χ2v) is 13.7. The summed E-state index contributed by atoms with van der Waals surface area (Å²) in [6.07, 6.45) is -62.9. The summed E-state index contributed by atoms with van der Waals surface area (Å²) >= 11 is 0. The summed E-state index contributed by atoms with van der Waals surface area (Å²) in [5.74, 6) is -3.46. The summed E-state index contributed by atoms with van der Waals surface area (Å²) < 4.78 is 357. The van der Waals surface area contributed by atoms with Crippen LogP contribution in [0, 0.1) is 18.8 Å². The molecule has 2 atom stereocenters. The molecular weight excluding hydrogens is 1070 g/mol. The third kappa shape index (κ3) is 23.0. The monoisotopic (exact) mass is 1120 g/mol. The maximum absolute atomic E-state index is 13.7. The quantitative estimate of drug-likeness (QED) is 0.0437. The van der Waals surface area contributed by atoms with Gasteiger partial charge in [-0.25, -0.2) is 37.1 Å². The van der Waals surface area contributed by atoms with Gasteiger partial charge >= 0.3 is 72.5 Å². The number of allylic oxidation sites excluding steroid dienone is 2. The standard InChI is InChI=1S/C15H16F14.C13H14F14.C4H10O.C3H5.BrH.Mg/c1-2-5-9(8-11(17,14(24,25)26)15(27,28)29)6-3-4-7-10(16,12(18,19)20)13(21,22)23;1-7(6-9(15,12(22,23)24)13(25,26)27)4-2-3-5-8(14,10(16,17)18)11(19,20)21;1-3-5-4-2;1-3-2;;/h2,9H,1,3-8H2;7H,2-6H2,1H3;3-4H2,1-2H3;3H,1-2H2;1H;/q;;;-1;;+2/p-1.